The Morgan fingerprint density at radius 3 is 1.29 bits per heavy atom. The summed E-state index contributed by atoms with van der Waals surface area (Å²) in [5.74, 6) is -7.30. The highest BCUT2D eigenvalue weighted by Crippen LogP contribution is 2.22. The molecule has 1 aromatic heterocycles. The van der Waals surface area contributed by atoms with Crippen LogP contribution in [0.15, 0.2) is 54.6 Å². The summed E-state index contributed by atoms with van der Waals surface area (Å²) in [5.41, 5.74) is 0.409. The SMILES string of the molecule is CN1CCN(C(CCC(=O)Nc2cc(C(=O)CCC(=O)CO)cc(C(=O)NCC(O)CO)c2)C(=O)O)Cc2cccc(n2)CN(C(CCC(=O)Nc2cc(C(=O)NCC(O)CO)cc(C(=O)NCC(O)CO)c2)C(=O)O)CC1. The molecule has 1 aliphatic rings. The first-order chi connectivity index (χ1) is 37.1. The maximum atomic E-state index is 13.5. The number of carbonyl (C=O) groups excluding carboxylic acids is 7. The molecule has 5 unspecified atom stereocenters. The van der Waals surface area contributed by atoms with Gasteiger partial charge in [-0.25, -0.2) is 0 Å². The molecule has 5 amide bonds. The largest absolute Gasteiger partial charge is 0.480 e. The van der Waals surface area contributed by atoms with Crippen LogP contribution in [0.3, 0.4) is 0 Å². The van der Waals surface area contributed by atoms with Crippen LogP contribution < -0.4 is 26.6 Å². The predicted molar refractivity (Wildman–Crippen MR) is 276 cm³/mol. The molecule has 27 nitrogen and oxygen atoms in total. The van der Waals surface area contributed by atoms with Gasteiger partial charge in [0, 0.05) is 118 Å². The Kier molecular flexibility index (Phi) is 25.9. The average Bonchev–Trinajstić information content (AvgIpc) is 3.42. The maximum Gasteiger partial charge on any atom is 0.320 e. The van der Waals surface area contributed by atoms with Gasteiger partial charge in [0.05, 0.1) is 49.5 Å². The molecule has 0 saturated heterocycles. The monoisotopic (exact) mass is 1100 g/mol. The van der Waals surface area contributed by atoms with Crippen LogP contribution >= 0.6 is 0 Å². The van der Waals surface area contributed by atoms with Gasteiger partial charge in [-0.05, 0) is 68.4 Å². The topological polar surface area (TPSA) is 418 Å². The lowest BCUT2D eigenvalue weighted by Gasteiger charge is -2.33. The minimum atomic E-state index is -1.28. The van der Waals surface area contributed by atoms with Crippen molar-refractivity contribution < 1.29 is 89.1 Å². The maximum absolute atomic E-state index is 13.5. The summed E-state index contributed by atoms with van der Waals surface area (Å²) in [5, 5.41) is 99.2. The van der Waals surface area contributed by atoms with Gasteiger partial charge in [-0.15, -0.1) is 0 Å². The van der Waals surface area contributed by atoms with Gasteiger partial charge in [0.25, 0.3) is 17.7 Å². The van der Waals surface area contributed by atoms with E-state index in [2.05, 4.69) is 26.6 Å². The third-order valence-electron chi connectivity index (χ3n) is 12.4. The van der Waals surface area contributed by atoms with Crippen LogP contribution in [0.2, 0.25) is 0 Å². The summed E-state index contributed by atoms with van der Waals surface area (Å²) in [6, 6.07) is 9.97. The highest BCUT2D eigenvalue weighted by atomic mass is 16.4. The lowest BCUT2D eigenvalue weighted by molar-refractivity contribution is -0.145. The molecule has 426 valence electrons. The number of carboxylic acid groups (broad SMARTS) is 2. The number of benzene rings is 2. The number of nitrogens with one attached hydrogen (secondary N) is 5. The number of carbonyl (C=O) groups is 9. The molecule has 0 spiro atoms. The Bertz CT molecular complexity index is 2540. The first kappa shape index (κ1) is 63.4. The first-order valence-electron chi connectivity index (χ1n) is 25.0. The second-order valence-corrected chi connectivity index (χ2v) is 18.6. The van der Waals surface area contributed by atoms with Gasteiger partial charge in [0.1, 0.15) is 18.7 Å². The lowest BCUT2D eigenvalue weighted by atomic mass is 10.0. The molecule has 27 heteroatoms. The number of amides is 5. The molecule has 2 aromatic carbocycles. The number of fused-ring (bicyclic) bond motifs is 2. The summed E-state index contributed by atoms with van der Waals surface area (Å²) in [6.07, 6.45) is -5.54. The second kappa shape index (κ2) is 31.9. The average molecular weight is 1100 g/mol. The van der Waals surface area contributed by atoms with Crippen molar-refractivity contribution in [1.29, 1.82) is 0 Å². The molecule has 14 N–H and O–H groups in total. The number of nitrogens with zero attached hydrogens (tertiary/aromatic N) is 4. The van der Waals surface area contributed by atoms with Crippen LogP contribution in [0, 0.1) is 0 Å². The van der Waals surface area contributed by atoms with Crippen molar-refractivity contribution in [2.75, 3.05) is 89.9 Å². The van der Waals surface area contributed by atoms with Gasteiger partial charge >= 0.3 is 11.9 Å². The van der Waals surface area contributed by atoms with Crippen molar-refractivity contribution in [3.05, 3.63) is 88.2 Å². The van der Waals surface area contributed by atoms with E-state index in [0.29, 0.717) is 11.4 Å². The molecule has 0 aliphatic carbocycles. The molecule has 3 aromatic rings. The summed E-state index contributed by atoms with van der Waals surface area (Å²) in [6.45, 7) is -2.87. The zero-order valence-electron chi connectivity index (χ0n) is 43.0. The van der Waals surface area contributed by atoms with Crippen molar-refractivity contribution in [2.45, 2.75) is 82.0 Å². The van der Waals surface area contributed by atoms with E-state index in [0.717, 1.165) is 0 Å². The van der Waals surface area contributed by atoms with Gasteiger partial charge in [-0.1, -0.05) is 6.07 Å². The first-order valence-corrected chi connectivity index (χ1v) is 25.0. The Balaban J connectivity index is 1.49. The number of pyridine rings is 1. The number of aliphatic carboxylic acids is 2. The normalized spacial score (nSPS) is 15.4. The number of aliphatic hydroxyl groups excluding tert-OH is 7. The number of anilines is 2. The molecule has 0 radical (unpaired) electrons. The van der Waals surface area contributed by atoms with Gasteiger partial charge in [0.2, 0.25) is 11.8 Å². The molecule has 0 saturated carbocycles. The standard InChI is InChI=1S/C51H69N9O18/c1-58-11-13-59(42(50(75)76)6-9-45(70)56-36-17-30(44(69)8-5-38(65)26-61)15-31(18-36)47(72)52-21-39(66)27-62)24-34-3-2-4-35(55-34)25-60(14-12-58)43(51(77)78)7-10-46(71)57-37-19-32(48(73)53-22-40(67)28-63)16-33(20-37)49(74)54-23-41(68)29-64/h2-4,15-20,39-43,61-64,66-68H,5-14,21-29H2,1H3,(H,52,72)(H,53,73)(H,54,74)(H,56,70)(H,57,71)(H,75,76)(H,77,78). The third kappa shape index (κ3) is 21.0. The summed E-state index contributed by atoms with van der Waals surface area (Å²) in [7, 11) is 1.76. The molecule has 1 aliphatic heterocycles. The summed E-state index contributed by atoms with van der Waals surface area (Å²) < 4.78 is 0. The fourth-order valence-corrected chi connectivity index (χ4v) is 7.99. The summed E-state index contributed by atoms with van der Waals surface area (Å²) in [4.78, 5) is 126. The highest BCUT2D eigenvalue weighted by Gasteiger charge is 2.31. The number of likely N-dealkylation sites (N-methyl/N-ethyl adjacent to an activating group) is 1. The molecular formula is C51H69N9O18. The number of Topliss-reactive ketones (excluding diaryl/α,β-unsaturated/α-hetero) is 2. The van der Waals surface area contributed by atoms with E-state index < -0.39 is 110 Å². The molecule has 78 heavy (non-hydrogen) atoms. The molecule has 4 rings (SSSR count). The van der Waals surface area contributed by atoms with Crippen molar-refractivity contribution in [2.24, 2.45) is 0 Å². The van der Waals surface area contributed by atoms with Crippen molar-refractivity contribution in [3.63, 3.8) is 0 Å². The Morgan fingerprint density at radius 2 is 0.923 bits per heavy atom. The van der Waals surface area contributed by atoms with E-state index in [1.807, 2.05) is 4.90 Å². The zero-order valence-corrected chi connectivity index (χ0v) is 43.0. The quantitative estimate of drug-likeness (QED) is 0.0311. The number of carboxylic acids is 2. The lowest BCUT2D eigenvalue weighted by Crippen LogP contribution is -2.47. The molecular weight excluding hydrogens is 1030 g/mol. The molecule has 2 heterocycles. The van der Waals surface area contributed by atoms with Crippen molar-refractivity contribution in [1.82, 2.24) is 35.6 Å². The third-order valence-corrected chi connectivity index (χ3v) is 12.4. The minimum Gasteiger partial charge on any atom is -0.480 e. The number of hydrogen-bond acceptors (Lipinski definition) is 20. The molecule has 2 bridgehead atoms. The number of aromatic nitrogens is 1. The van der Waals surface area contributed by atoms with Crippen LogP contribution in [-0.2, 0) is 37.1 Å². The molecule has 5 atom stereocenters. The second-order valence-electron chi connectivity index (χ2n) is 18.6. The van der Waals surface area contributed by atoms with Crippen LogP contribution in [0.5, 0.6) is 0 Å². The highest BCUT2D eigenvalue weighted by molar-refractivity contribution is 6.05. The zero-order chi connectivity index (χ0) is 57.5. The van der Waals surface area contributed by atoms with Crippen LogP contribution in [0.4, 0.5) is 11.4 Å². The van der Waals surface area contributed by atoms with E-state index in [1.165, 1.54) is 36.4 Å². The fraction of sp³-hybridized carbons (Fsp3) is 0.490. The Morgan fingerprint density at radius 1 is 0.538 bits per heavy atom. The Hall–Kier alpha value is -7.18. The van der Waals surface area contributed by atoms with E-state index in [1.54, 1.807) is 35.0 Å². The number of rotatable bonds is 29. The number of ketones is 2. The number of hydrogen-bond donors (Lipinski definition) is 14. The van der Waals surface area contributed by atoms with Gasteiger partial charge < -0.3 is 77.4 Å². The van der Waals surface area contributed by atoms with Crippen molar-refractivity contribution >= 4 is 64.4 Å². The van der Waals surface area contributed by atoms with Gasteiger partial charge in [-0.2, -0.15) is 0 Å². The predicted octanol–water partition coefficient (Wildman–Crippen LogP) is -2.85. The van der Waals surface area contributed by atoms with Crippen molar-refractivity contribution in [3.8, 4) is 0 Å². The van der Waals surface area contributed by atoms with Gasteiger partial charge in [-0.3, -0.25) is 57.9 Å². The summed E-state index contributed by atoms with van der Waals surface area (Å²) >= 11 is 0. The fourth-order valence-electron chi connectivity index (χ4n) is 7.99. The van der Waals surface area contributed by atoms with Gasteiger partial charge in [0.15, 0.2) is 11.6 Å². The van der Waals surface area contributed by atoms with Crippen LogP contribution in [0.1, 0.15) is 91.3 Å². The van der Waals surface area contributed by atoms with E-state index in [9.17, 15) is 68.7 Å². The number of aliphatic hydroxyl groups is 7. The van der Waals surface area contributed by atoms with E-state index in [4.69, 9.17) is 25.4 Å². The van der Waals surface area contributed by atoms with Crippen LogP contribution in [0.25, 0.3) is 0 Å². The minimum absolute atomic E-state index is 0.00333. The Labute approximate surface area is 448 Å². The van der Waals surface area contributed by atoms with E-state index >= 15 is 0 Å². The van der Waals surface area contributed by atoms with Crippen LogP contribution in [-0.4, -0.2) is 228 Å². The van der Waals surface area contributed by atoms with E-state index in [-0.39, 0.29) is 131 Å². The molecule has 0 fully saturated rings. The smallest absolute Gasteiger partial charge is 0.320 e.